The molecule has 0 heterocycles. The highest BCUT2D eigenvalue weighted by molar-refractivity contribution is 7.47. The van der Waals surface area contributed by atoms with E-state index in [1.807, 2.05) is 0 Å². The van der Waals surface area contributed by atoms with Crippen LogP contribution in [0.1, 0.15) is 349 Å². The monoisotopic (exact) mass is 1330 g/mol. The number of phosphoric acid groups is 2. The Hall–Kier alpha value is -2.46. The van der Waals surface area contributed by atoms with Gasteiger partial charge >= 0.3 is 39.5 Å². The third kappa shape index (κ3) is 66.0. The zero-order valence-corrected chi connectivity index (χ0v) is 60.3. The second-order valence-electron chi connectivity index (χ2n) is 25.8. The number of unbranched alkanes of at least 4 members (excludes halogenated alkanes) is 39. The number of carbonyl (C=O) groups is 4. The summed E-state index contributed by atoms with van der Waals surface area (Å²) in [6.45, 7) is 7.17. The van der Waals surface area contributed by atoms with Gasteiger partial charge in [0, 0.05) is 25.7 Å². The van der Waals surface area contributed by atoms with Crippen LogP contribution < -0.4 is 0 Å². The summed E-state index contributed by atoms with van der Waals surface area (Å²) in [5.41, 5.74) is 0. The fourth-order valence-electron chi connectivity index (χ4n) is 10.5. The first-order valence-electron chi connectivity index (χ1n) is 37.0. The van der Waals surface area contributed by atoms with Gasteiger partial charge in [-0.1, -0.05) is 296 Å². The van der Waals surface area contributed by atoms with Crippen LogP contribution in [0.3, 0.4) is 0 Å². The van der Waals surface area contributed by atoms with E-state index in [0.29, 0.717) is 25.7 Å². The van der Waals surface area contributed by atoms with Crippen molar-refractivity contribution in [3.05, 3.63) is 24.3 Å². The molecule has 0 aromatic heterocycles. The van der Waals surface area contributed by atoms with Gasteiger partial charge in [0.1, 0.15) is 19.3 Å². The van der Waals surface area contributed by atoms with E-state index in [2.05, 4.69) is 58.9 Å². The molecule has 0 aromatic carbocycles. The molecule has 3 N–H and O–H groups in total. The summed E-state index contributed by atoms with van der Waals surface area (Å²) in [4.78, 5) is 72.4. The standard InChI is InChI=1S/C72H136O17P2/c1-6-9-12-15-18-20-22-23-26-30-33-37-41-46-51-56-70(75)83-62-68(89-72(77)58-53-48-43-38-34-31-28-25-24-27-29-32-35-40-44-49-54-65(4)5)64-87-91(80,81)85-60-66(73)59-84-90(78,79)86-63-67(61-82-69(74)55-50-45-39-17-14-11-8-3)88-71(76)57-52-47-42-36-21-19-16-13-10-7-2/h20,22-23,26,65-68,73H,6-19,21,24-25,27-64H2,1-5H3,(H,78,79)(H,80,81)/b22-20-,26-23-/t66-,67+,68+/m0/s1. The maximum atomic E-state index is 13.0. The molecule has 0 amide bonds. The van der Waals surface area contributed by atoms with Crippen molar-refractivity contribution in [3.63, 3.8) is 0 Å². The number of aliphatic hydroxyl groups is 1. The summed E-state index contributed by atoms with van der Waals surface area (Å²) >= 11 is 0. The summed E-state index contributed by atoms with van der Waals surface area (Å²) in [5, 5.41) is 10.6. The van der Waals surface area contributed by atoms with E-state index in [1.165, 1.54) is 141 Å². The van der Waals surface area contributed by atoms with Gasteiger partial charge in [-0.05, 0) is 57.3 Å². The quantitative estimate of drug-likeness (QED) is 0.0169. The van der Waals surface area contributed by atoms with Crippen molar-refractivity contribution in [2.45, 2.75) is 368 Å². The second kappa shape index (κ2) is 64.9. The summed E-state index contributed by atoms with van der Waals surface area (Å²) in [6.07, 6.45) is 55.1. The van der Waals surface area contributed by atoms with Crippen LogP contribution in [0.5, 0.6) is 0 Å². The minimum Gasteiger partial charge on any atom is -0.462 e. The molecular formula is C72H136O17P2. The molecule has 0 aromatic rings. The Balaban J connectivity index is 5.21. The summed E-state index contributed by atoms with van der Waals surface area (Å²) < 4.78 is 68.2. The number of allylic oxidation sites excluding steroid dienone is 4. The summed E-state index contributed by atoms with van der Waals surface area (Å²) in [5.74, 6) is -1.35. The third-order valence-electron chi connectivity index (χ3n) is 16.2. The second-order valence-corrected chi connectivity index (χ2v) is 28.7. The van der Waals surface area contributed by atoms with Crippen LogP contribution in [0, 0.1) is 5.92 Å². The Kier molecular flexibility index (Phi) is 63.1. The summed E-state index contributed by atoms with van der Waals surface area (Å²) in [7, 11) is -9.91. The minimum absolute atomic E-state index is 0.101. The van der Waals surface area contributed by atoms with Crippen LogP contribution in [0.2, 0.25) is 0 Å². The van der Waals surface area contributed by atoms with Gasteiger partial charge in [-0.25, -0.2) is 9.13 Å². The van der Waals surface area contributed by atoms with Crippen LogP contribution in [-0.2, 0) is 65.4 Å². The SMILES string of the molecule is CCCCCC/C=C\C=C/CCCCCCCC(=O)OC[C@H](COP(=O)(O)OC[C@@H](O)COP(=O)(O)OC[C@@H](COC(=O)CCCCCCCCC)OC(=O)CCCCCCCCCCCC)OC(=O)CCCCCCCCCCCCCCCCCCC(C)C. The van der Waals surface area contributed by atoms with Gasteiger partial charge < -0.3 is 33.8 Å². The number of hydrogen-bond acceptors (Lipinski definition) is 15. The molecule has 0 aliphatic rings. The molecule has 91 heavy (non-hydrogen) atoms. The van der Waals surface area contributed by atoms with E-state index in [-0.39, 0.29) is 25.7 Å². The van der Waals surface area contributed by atoms with E-state index in [0.717, 1.165) is 128 Å². The molecule has 5 atom stereocenters. The van der Waals surface area contributed by atoms with Crippen molar-refractivity contribution in [1.29, 1.82) is 0 Å². The number of carbonyl (C=O) groups excluding carboxylic acids is 4. The van der Waals surface area contributed by atoms with Crippen LogP contribution in [-0.4, -0.2) is 96.7 Å². The maximum absolute atomic E-state index is 13.0. The van der Waals surface area contributed by atoms with Crippen LogP contribution >= 0.6 is 15.6 Å². The molecule has 19 heteroatoms. The zero-order chi connectivity index (χ0) is 67.0. The van der Waals surface area contributed by atoms with E-state index in [4.69, 9.17) is 37.0 Å². The number of phosphoric ester groups is 2. The first-order chi connectivity index (χ1) is 44.0. The third-order valence-corrected chi connectivity index (χ3v) is 18.1. The largest absolute Gasteiger partial charge is 0.472 e. The molecule has 2 unspecified atom stereocenters. The molecule has 0 rings (SSSR count). The molecule has 0 bridgehead atoms. The molecule has 0 aliphatic carbocycles. The van der Waals surface area contributed by atoms with E-state index in [1.54, 1.807) is 0 Å². The molecule has 17 nitrogen and oxygen atoms in total. The fraction of sp³-hybridized carbons (Fsp3) is 0.889. The van der Waals surface area contributed by atoms with Crippen molar-refractivity contribution < 1.29 is 80.2 Å². The number of rotatable bonds is 70. The van der Waals surface area contributed by atoms with Crippen LogP contribution in [0.15, 0.2) is 24.3 Å². The lowest BCUT2D eigenvalue weighted by Crippen LogP contribution is -2.30. The first-order valence-corrected chi connectivity index (χ1v) is 39.9. The van der Waals surface area contributed by atoms with Gasteiger partial charge in [-0.2, -0.15) is 0 Å². The molecule has 0 aliphatic heterocycles. The summed E-state index contributed by atoms with van der Waals surface area (Å²) in [6, 6.07) is 0. The van der Waals surface area contributed by atoms with Gasteiger partial charge in [-0.3, -0.25) is 37.3 Å². The van der Waals surface area contributed by atoms with E-state index < -0.39 is 97.5 Å². The van der Waals surface area contributed by atoms with Crippen molar-refractivity contribution in [3.8, 4) is 0 Å². The van der Waals surface area contributed by atoms with Gasteiger partial charge in [-0.15, -0.1) is 0 Å². The highest BCUT2D eigenvalue weighted by Crippen LogP contribution is 2.45. The Morgan fingerprint density at radius 3 is 0.901 bits per heavy atom. The topological polar surface area (TPSA) is 237 Å². The highest BCUT2D eigenvalue weighted by atomic mass is 31.2. The lowest BCUT2D eigenvalue weighted by molar-refractivity contribution is -0.161. The number of aliphatic hydroxyl groups excluding tert-OH is 1. The molecule has 0 spiro atoms. The Bertz CT molecular complexity index is 1850. The Labute approximate surface area is 554 Å². The predicted molar refractivity (Wildman–Crippen MR) is 368 cm³/mol. The average Bonchev–Trinajstić information content (AvgIpc) is 3.42. The Morgan fingerprint density at radius 1 is 0.341 bits per heavy atom. The van der Waals surface area contributed by atoms with Gasteiger partial charge in [0.05, 0.1) is 26.4 Å². The molecule has 0 saturated heterocycles. The van der Waals surface area contributed by atoms with Crippen LogP contribution in [0.4, 0.5) is 0 Å². The van der Waals surface area contributed by atoms with Gasteiger partial charge in [0.25, 0.3) is 0 Å². The van der Waals surface area contributed by atoms with E-state index >= 15 is 0 Å². The predicted octanol–water partition coefficient (Wildman–Crippen LogP) is 20.5. The van der Waals surface area contributed by atoms with Gasteiger partial charge in [0.2, 0.25) is 0 Å². The van der Waals surface area contributed by atoms with E-state index in [9.17, 15) is 43.2 Å². The molecular weight excluding hydrogens is 1200 g/mol. The van der Waals surface area contributed by atoms with Crippen LogP contribution in [0.25, 0.3) is 0 Å². The molecule has 0 fully saturated rings. The minimum atomic E-state index is -4.96. The van der Waals surface area contributed by atoms with Gasteiger partial charge in [0.15, 0.2) is 12.2 Å². The number of hydrogen-bond donors (Lipinski definition) is 3. The lowest BCUT2D eigenvalue weighted by Gasteiger charge is -2.21. The average molecular weight is 1340 g/mol. The Morgan fingerprint density at radius 2 is 0.593 bits per heavy atom. The van der Waals surface area contributed by atoms with Crippen molar-refractivity contribution in [2.24, 2.45) is 5.92 Å². The van der Waals surface area contributed by atoms with Crippen molar-refractivity contribution in [1.82, 2.24) is 0 Å². The van der Waals surface area contributed by atoms with Crippen molar-refractivity contribution in [2.75, 3.05) is 39.6 Å². The number of esters is 4. The highest BCUT2D eigenvalue weighted by Gasteiger charge is 2.30. The maximum Gasteiger partial charge on any atom is 0.472 e. The first kappa shape index (κ1) is 88.5. The fourth-order valence-corrected chi connectivity index (χ4v) is 12.0. The normalized spacial score (nSPS) is 14.2. The zero-order valence-electron chi connectivity index (χ0n) is 58.5. The smallest absolute Gasteiger partial charge is 0.462 e. The molecule has 536 valence electrons. The van der Waals surface area contributed by atoms with Crippen molar-refractivity contribution >= 4 is 39.5 Å². The lowest BCUT2D eigenvalue weighted by atomic mass is 10.0. The molecule has 0 saturated carbocycles. The molecule has 0 radical (unpaired) electrons. The number of ether oxygens (including phenoxy) is 4.